The van der Waals surface area contributed by atoms with Crippen molar-refractivity contribution in [3.05, 3.63) is 70.8 Å². The van der Waals surface area contributed by atoms with Crippen LogP contribution in [0.4, 0.5) is 13.2 Å². The maximum Gasteiger partial charge on any atom is 0.471 e. The van der Waals surface area contributed by atoms with Crippen molar-refractivity contribution in [3.63, 3.8) is 0 Å². The van der Waals surface area contributed by atoms with Gasteiger partial charge in [-0.25, -0.2) is 0 Å². The number of carbonyl (C=O) groups is 1. The number of carbonyl (C=O) groups excluding carboxylic acids is 1. The Kier molecular flexibility index (Phi) is 5.34. The average molecular weight is 427 g/mol. The topological polar surface area (TPSA) is 63.4 Å². The van der Waals surface area contributed by atoms with Crippen LogP contribution in [-0.2, 0) is 17.8 Å². The second-order valence-electron chi connectivity index (χ2n) is 7.54. The minimum absolute atomic E-state index is 0.0823. The molecule has 9 heteroatoms. The summed E-state index contributed by atoms with van der Waals surface area (Å²) in [6.45, 7) is 3.59. The van der Waals surface area contributed by atoms with Crippen LogP contribution in [0.25, 0.3) is 16.6 Å². The molecule has 0 unspecified atom stereocenters. The fourth-order valence-electron chi connectivity index (χ4n) is 3.59. The molecular weight excluding hydrogens is 407 g/mol. The van der Waals surface area contributed by atoms with Gasteiger partial charge in [0.15, 0.2) is 5.65 Å². The van der Waals surface area contributed by atoms with E-state index in [1.54, 1.807) is 6.07 Å². The molecule has 0 saturated carbocycles. The number of fused-ring (bicyclic) bond motifs is 3. The van der Waals surface area contributed by atoms with Gasteiger partial charge >= 0.3 is 12.1 Å². The van der Waals surface area contributed by atoms with Crippen LogP contribution in [0.15, 0.2) is 48.5 Å². The highest BCUT2D eigenvalue weighted by Gasteiger charge is 2.42. The van der Waals surface area contributed by atoms with Crippen LogP contribution in [0.3, 0.4) is 0 Å². The highest BCUT2D eigenvalue weighted by Crippen LogP contribution is 2.26. The molecule has 2 aromatic heterocycles. The smallest absolute Gasteiger partial charge is 0.330 e. The predicted octanol–water partition coefficient (Wildman–Crippen LogP) is 4.03. The van der Waals surface area contributed by atoms with Gasteiger partial charge in [-0.3, -0.25) is 4.79 Å². The highest BCUT2D eigenvalue weighted by molar-refractivity contribution is 5.85. The number of hydrogen-bond acceptors (Lipinski definition) is 4. The number of halogens is 3. The van der Waals surface area contributed by atoms with Gasteiger partial charge in [0.1, 0.15) is 0 Å². The Morgan fingerprint density at radius 1 is 1.06 bits per heavy atom. The first-order chi connectivity index (χ1) is 14.7. The molecule has 4 aromatic rings. The molecule has 2 heterocycles. The molecule has 0 bridgehead atoms. The normalized spacial score (nSPS) is 11.9. The number of aromatic nitrogens is 4. The molecule has 0 saturated heterocycles. The molecule has 2 aromatic carbocycles. The number of alkyl halides is 3. The van der Waals surface area contributed by atoms with Gasteiger partial charge in [0.25, 0.3) is 0 Å². The van der Waals surface area contributed by atoms with E-state index in [0.717, 1.165) is 32.5 Å². The lowest BCUT2D eigenvalue weighted by molar-refractivity contribution is -0.186. The molecule has 160 valence electrons. The largest absolute Gasteiger partial charge is 0.471 e. The van der Waals surface area contributed by atoms with Crippen LogP contribution in [-0.4, -0.2) is 43.6 Å². The van der Waals surface area contributed by atoms with Crippen molar-refractivity contribution in [1.29, 1.82) is 0 Å². The Morgan fingerprint density at radius 2 is 1.77 bits per heavy atom. The molecule has 0 fully saturated rings. The summed E-state index contributed by atoms with van der Waals surface area (Å²) in [6.07, 6.45) is -4.67. The van der Waals surface area contributed by atoms with Crippen LogP contribution in [0.5, 0.6) is 0 Å². The third-order valence-electron chi connectivity index (χ3n) is 5.36. The van der Waals surface area contributed by atoms with Crippen LogP contribution >= 0.6 is 0 Å². The molecule has 31 heavy (non-hydrogen) atoms. The van der Waals surface area contributed by atoms with E-state index in [2.05, 4.69) is 15.5 Å². The lowest BCUT2D eigenvalue weighted by Crippen LogP contribution is -2.41. The first-order valence-corrected chi connectivity index (χ1v) is 9.75. The van der Waals surface area contributed by atoms with Crippen molar-refractivity contribution >= 4 is 22.5 Å². The van der Waals surface area contributed by atoms with Crippen LogP contribution in [0.2, 0.25) is 0 Å². The van der Waals surface area contributed by atoms with Crippen molar-refractivity contribution in [2.45, 2.75) is 33.0 Å². The van der Waals surface area contributed by atoms with E-state index < -0.39 is 12.1 Å². The number of tetrazole rings is 1. The average Bonchev–Trinajstić information content (AvgIpc) is 3.22. The predicted molar refractivity (Wildman–Crippen MR) is 109 cm³/mol. The van der Waals surface area contributed by atoms with Crippen LogP contribution in [0.1, 0.15) is 22.3 Å². The summed E-state index contributed by atoms with van der Waals surface area (Å²) >= 11 is 0. The van der Waals surface area contributed by atoms with Gasteiger partial charge in [-0.1, -0.05) is 30.3 Å². The third-order valence-corrected chi connectivity index (χ3v) is 5.36. The molecule has 0 N–H and O–H groups in total. The van der Waals surface area contributed by atoms with Gasteiger partial charge in [-0.2, -0.15) is 17.7 Å². The fourth-order valence-corrected chi connectivity index (χ4v) is 3.59. The number of amides is 1. The summed E-state index contributed by atoms with van der Waals surface area (Å²) in [4.78, 5) is 13.0. The number of hydrogen-bond donors (Lipinski definition) is 0. The van der Waals surface area contributed by atoms with E-state index in [9.17, 15) is 18.0 Å². The third kappa shape index (κ3) is 4.21. The Hall–Kier alpha value is -3.49. The lowest BCUT2D eigenvalue weighted by atomic mass is 10.0. The minimum Gasteiger partial charge on any atom is -0.330 e. The lowest BCUT2D eigenvalue weighted by Gasteiger charge is -2.24. The van der Waals surface area contributed by atoms with E-state index in [4.69, 9.17) is 0 Å². The zero-order valence-electron chi connectivity index (χ0n) is 17.0. The number of aryl methyl sites for hydroxylation is 2. The molecule has 0 aliphatic heterocycles. The second kappa shape index (κ2) is 7.98. The summed E-state index contributed by atoms with van der Waals surface area (Å²) in [7, 11) is 0. The van der Waals surface area contributed by atoms with Crippen molar-refractivity contribution in [2.24, 2.45) is 0 Å². The first-order valence-electron chi connectivity index (χ1n) is 9.75. The molecule has 4 rings (SSSR count). The Balaban J connectivity index is 1.73. The SMILES string of the molecule is Cc1cc2cc(CN(CCc3ccccc3)C(=O)C(F)(F)F)c3nnnn3c2cc1C. The standard InChI is InChI=1S/C22H20F3N5O/c1-14-10-17-12-18(20-26-27-28-30(20)19(17)11-15(14)2)13-29(21(31)22(23,24)25)9-8-16-6-4-3-5-7-16/h3-7,10-12H,8-9,13H2,1-2H3. The summed E-state index contributed by atoms with van der Waals surface area (Å²) in [5.41, 5.74) is 4.47. The first kappa shape index (κ1) is 20.8. The monoisotopic (exact) mass is 427 g/mol. The number of rotatable bonds is 5. The van der Waals surface area contributed by atoms with Gasteiger partial charge in [0.2, 0.25) is 0 Å². The van der Waals surface area contributed by atoms with Gasteiger partial charge in [0, 0.05) is 24.0 Å². The zero-order chi connectivity index (χ0) is 22.2. The molecule has 1 amide bonds. The summed E-state index contributed by atoms with van der Waals surface area (Å²) in [5, 5.41) is 12.5. The Bertz CT molecular complexity index is 1250. The Morgan fingerprint density at radius 3 is 2.48 bits per heavy atom. The minimum atomic E-state index is -4.97. The fraction of sp³-hybridized carbons (Fsp3) is 0.273. The molecule has 0 aliphatic carbocycles. The van der Waals surface area contributed by atoms with E-state index in [0.29, 0.717) is 17.6 Å². The summed E-state index contributed by atoms with van der Waals surface area (Å²) < 4.78 is 41.4. The van der Waals surface area contributed by atoms with Gasteiger partial charge in [-0.05, 0) is 65.6 Å². The number of benzene rings is 2. The van der Waals surface area contributed by atoms with Crippen molar-refractivity contribution in [3.8, 4) is 0 Å². The molecule has 6 nitrogen and oxygen atoms in total. The highest BCUT2D eigenvalue weighted by atomic mass is 19.4. The summed E-state index contributed by atoms with van der Waals surface area (Å²) in [5.74, 6) is -1.88. The molecule has 0 atom stereocenters. The second-order valence-corrected chi connectivity index (χ2v) is 7.54. The van der Waals surface area contributed by atoms with Crippen molar-refractivity contribution in [2.75, 3.05) is 6.54 Å². The summed E-state index contributed by atoms with van der Waals surface area (Å²) in [6, 6.07) is 14.7. The van der Waals surface area contributed by atoms with Crippen molar-refractivity contribution in [1.82, 2.24) is 24.9 Å². The maximum atomic E-state index is 13.3. The molecule has 0 radical (unpaired) electrons. The molecule has 0 aliphatic rings. The van der Waals surface area contributed by atoms with Crippen LogP contribution in [0, 0.1) is 13.8 Å². The maximum absolute atomic E-state index is 13.3. The van der Waals surface area contributed by atoms with E-state index >= 15 is 0 Å². The van der Waals surface area contributed by atoms with Gasteiger partial charge < -0.3 is 4.90 Å². The van der Waals surface area contributed by atoms with Crippen LogP contribution < -0.4 is 0 Å². The number of nitrogens with zero attached hydrogens (tertiary/aromatic N) is 5. The van der Waals surface area contributed by atoms with Gasteiger partial charge in [0.05, 0.1) is 5.52 Å². The molecular formula is C22H20F3N5O. The van der Waals surface area contributed by atoms with E-state index in [1.165, 1.54) is 4.52 Å². The zero-order valence-corrected chi connectivity index (χ0v) is 17.0. The van der Waals surface area contributed by atoms with E-state index in [1.807, 2.05) is 56.3 Å². The Labute approximate surface area is 176 Å². The van der Waals surface area contributed by atoms with E-state index in [-0.39, 0.29) is 13.1 Å². The van der Waals surface area contributed by atoms with Crippen molar-refractivity contribution < 1.29 is 18.0 Å². The van der Waals surface area contributed by atoms with Gasteiger partial charge in [-0.15, -0.1) is 5.10 Å². The molecule has 0 spiro atoms. The quantitative estimate of drug-likeness (QED) is 0.483. The number of pyridine rings is 1.